The lowest BCUT2D eigenvalue weighted by atomic mass is 9.81. The summed E-state index contributed by atoms with van der Waals surface area (Å²) in [6, 6.07) is 16.0. The van der Waals surface area contributed by atoms with E-state index in [9.17, 15) is 9.59 Å². The van der Waals surface area contributed by atoms with Crippen LogP contribution in [-0.4, -0.2) is 45.4 Å². The van der Waals surface area contributed by atoms with Gasteiger partial charge in [-0.15, -0.1) is 0 Å². The average Bonchev–Trinajstić information content (AvgIpc) is 3.23. The highest BCUT2D eigenvalue weighted by atomic mass is 16.5. The van der Waals surface area contributed by atoms with Crippen molar-refractivity contribution in [3.05, 3.63) is 65.7 Å². The number of ether oxygens (including phenoxy) is 4. The van der Waals surface area contributed by atoms with Crippen LogP contribution in [0.3, 0.4) is 0 Å². The molecule has 7 nitrogen and oxygen atoms in total. The van der Waals surface area contributed by atoms with Gasteiger partial charge in [-0.2, -0.15) is 0 Å². The van der Waals surface area contributed by atoms with Gasteiger partial charge < -0.3 is 18.9 Å². The standard InChI is InChI=1S/C24H29NO6/c1-15(31-14-16-8-6-5-7-9-16)19-20(23(26)29-3)21(25-22(19)24(27)30-4)17-10-12-18(28-2)13-11-17/h5-13,15,19-22,25H,14H2,1-4H3/t15-,19+,20+,21+,22+/m0/s1. The van der Waals surface area contributed by atoms with Crippen LogP contribution in [-0.2, 0) is 30.4 Å². The molecule has 0 amide bonds. The summed E-state index contributed by atoms with van der Waals surface area (Å²) in [7, 11) is 4.28. The van der Waals surface area contributed by atoms with E-state index in [1.54, 1.807) is 7.11 Å². The molecule has 1 aliphatic rings. The Morgan fingerprint density at radius 2 is 1.58 bits per heavy atom. The zero-order valence-electron chi connectivity index (χ0n) is 18.2. The number of carbonyl (C=O) groups is 2. The zero-order chi connectivity index (χ0) is 22.4. The number of rotatable bonds is 8. The molecule has 5 atom stereocenters. The van der Waals surface area contributed by atoms with Crippen LogP contribution in [0.25, 0.3) is 0 Å². The topological polar surface area (TPSA) is 83.1 Å². The molecule has 0 bridgehead atoms. The van der Waals surface area contributed by atoms with Gasteiger partial charge in [-0.3, -0.25) is 14.9 Å². The fourth-order valence-corrected chi connectivity index (χ4v) is 4.21. The Bertz CT molecular complexity index is 869. The van der Waals surface area contributed by atoms with Gasteiger partial charge >= 0.3 is 11.9 Å². The van der Waals surface area contributed by atoms with Gasteiger partial charge in [-0.25, -0.2) is 0 Å². The second kappa shape index (κ2) is 10.4. The minimum atomic E-state index is -0.716. The van der Waals surface area contributed by atoms with Gasteiger partial charge in [0.15, 0.2) is 0 Å². The second-order valence-corrected chi connectivity index (χ2v) is 7.55. The Morgan fingerprint density at radius 1 is 0.935 bits per heavy atom. The molecule has 0 unspecified atom stereocenters. The highest BCUT2D eigenvalue weighted by Crippen LogP contribution is 2.41. The number of hydrogen-bond donors (Lipinski definition) is 1. The molecule has 0 spiro atoms. The summed E-state index contributed by atoms with van der Waals surface area (Å²) in [5, 5.41) is 3.29. The molecular formula is C24H29NO6. The summed E-state index contributed by atoms with van der Waals surface area (Å²) in [5.74, 6) is -1.24. The molecule has 2 aromatic rings. The Morgan fingerprint density at radius 3 is 2.16 bits per heavy atom. The first-order valence-electron chi connectivity index (χ1n) is 10.2. The summed E-state index contributed by atoms with van der Waals surface area (Å²) in [6.45, 7) is 2.24. The first-order valence-corrected chi connectivity index (χ1v) is 10.2. The quantitative estimate of drug-likeness (QED) is 0.649. The van der Waals surface area contributed by atoms with Crippen molar-refractivity contribution >= 4 is 11.9 Å². The fourth-order valence-electron chi connectivity index (χ4n) is 4.21. The summed E-state index contributed by atoms with van der Waals surface area (Å²) < 4.78 is 21.5. The van der Waals surface area contributed by atoms with Gasteiger partial charge in [0.1, 0.15) is 11.8 Å². The summed E-state index contributed by atoms with van der Waals surface area (Å²) in [5.41, 5.74) is 1.86. The van der Waals surface area contributed by atoms with E-state index in [4.69, 9.17) is 18.9 Å². The maximum Gasteiger partial charge on any atom is 0.323 e. The SMILES string of the molecule is COC(=O)[C@@H]1[C@@H]([C@H](C)OCc2ccccc2)[C@H](C(=O)OC)N[C@@H]1c1ccc(OC)cc1. The van der Waals surface area contributed by atoms with Crippen molar-refractivity contribution in [1.29, 1.82) is 0 Å². The van der Waals surface area contributed by atoms with Crippen molar-refractivity contribution in [3.63, 3.8) is 0 Å². The third-order valence-corrected chi connectivity index (χ3v) is 5.82. The molecule has 0 saturated carbocycles. The summed E-state index contributed by atoms with van der Waals surface area (Å²) in [4.78, 5) is 25.5. The van der Waals surface area contributed by atoms with Crippen LogP contribution in [0.2, 0.25) is 0 Å². The molecule has 0 aliphatic carbocycles. The van der Waals surface area contributed by atoms with E-state index in [1.165, 1.54) is 14.2 Å². The van der Waals surface area contributed by atoms with Crippen molar-refractivity contribution in [3.8, 4) is 5.75 Å². The van der Waals surface area contributed by atoms with E-state index in [0.29, 0.717) is 12.4 Å². The molecule has 166 valence electrons. The molecule has 1 heterocycles. The van der Waals surface area contributed by atoms with Crippen molar-refractivity contribution in [2.24, 2.45) is 11.8 Å². The predicted molar refractivity (Wildman–Crippen MR) is 114 cm³/mol. The van der Waals surface area contributed by atoms with Crippen molar-refractivity contribution in [1.82, 2.24) is 5.32 Å². The average molecular weight is 427 g/mol. The Kier molecular flexibility index (Phi) is 7.65. The third kappa shape index (κ3) is 5.06. The monoisotopic (exact) mass is 427 g/mol. The third-order valence-electron chi connectivity index (χ3n) is 5.82. The molecular weight excluding hydrogens is 398 g/mol. The molecule has 1 saturated heterocycles. The van der Waals surface area contributed by atoms with Gasteiger partial charge in [0, 0.05) is 12.0 Å². The molecule has 3 rings (SSSR count). The van der Waals surface area contributed by atoms with Crippen LogP contribution in [0.15, 0.2) is 54.6 Å². The van der Waals surface area contributed by atoms with Crippen molar-refractivity contribution < 1.29 is 28.5 Å². The summed E-state index contributed by atoms with van der Waals surface area (Å²) >= 11 is 0. The van der Waals surface area contributed by atoms with Crippen molar-refractivity contribution in [2.75, 3.05) is 21.3 Å². The lowest BCUT2D eigenvalue weighted by molar-refractivity contribution is -0.152. The minimum absolute atomic E-state index is 0.369. The number of benzene rings is 2. The van der Waals surface area contributed by atoms with Crippen LogP contribution < -0.4 is 10.1 Å². The van der Waals surface area contributed by atoms with Gasteiger partial charge in [0.25, 0.3) is 0 Å². The van der Waals surface area contributed by atoms with E-state index < -0.39 is 42.0 Å². The molecule has 31 heavy (non-hydrogen) atoms. The normalized spacial score (nSPS) is 23.7. The number of nitrogens with one attached hydrogen (secondary N) is 1. The molecule has 0 aromatic heterocycles. The number of hydrogen-bond acceptors (Lipinski definition) is 7. The number of methoxy groups -OCH3 is 3. The largest absolute Gasteiger partial charge is 0.497 e. The number of carbonyl (C=O) groups excluding carboxylic acids is 2. The highest BCUT2D eigenvalue weighted by molar-refractivity contribution is 5.81. The lowest BCUT2D eigenvalue weighted by Crippen LogP contribution is -2.43. The van der Waals surface area contributed by atoms with E-state index in [1.807, 2.05) is 61.5 Å². The molecule has 7 heteroatoms. The highest BCUT2D eigenvalue weighted by Gasteiger charge is 2.53. The predicted octanol–water partition coefficient (Wildman–Crippen LogP) is 2.89. The molecule has 1 N–H and O–H groups in total. The fraction of sp³-hybridized carbons (Fsp3) is 0.417. The lowest BCUT2D eigenvalue weighted by Gasteiger charge is -2.28. The maximum absolute atomic E-state index is 12.9. The van der Waals surface area contributed by atoms with Crippen LogP contribution in [0.4, 0.5) is 0 Å². The van der Waals surface area contributed by atoms with Gasteiger partial charge in [-0.1, -0.05) is 42.5 Å². The van der Waals surface area contributed by atoms with Crippen LogP contribution in [0, 0.1) is 11.8 Å². The second-order valence-electron chi connectivity index (χ2n) is 7.55. The Labute approximate surface area is 182 Å². The smallest absolute Gasteiger partial charge is 0.323 e. The summed E-state index contributed by atoms with van der Waals surface area (Å²) in [6.07, 6.45) is -0.413. The molecule has 1 aliphatic heterocycles. The molecule has 1 fully saturated rings. The zero-order valence-corrected chi connectivity index (χ0v) is 18.2. The van der Waals surface area contributed by atoms with Crippen LogP contribution >= 0.6 is 0 Å². The van der Waals surface area contributed by atoms with Gasteiger partial charge in [-0.05, 0) is 30.2 Å². The Balaban J connectivity index is 1.91. The van der Waals surface area contributed by atoms with E-state index >= 15 is 0 Å². The maximum atomic E-state index is 12.9. The van der Waals surface area contributed by atoms with E-state index in [0.717, 1.165) is 11.1 Å². The first kappa shape index (κ1) is 22.8. The molecule has 2 aromatic carbocycles. The van der Waals surface area contributed by atoms with Crippen LogP contribution in [0.1, 0.15) is 24.1 Å². The minimum Gasteiger partial charge on any atom is -0.497 e. The van der Waals surface area contributed by atoms with Crippen molar-refractivity contribution in [2.45, 2.75) is 31.7 Å². The number of esters is 2. The van der Waals surface area contributed by atoms with Gasteiger partial charge in [0.2, 0.25) is 0 Å². The van der Waals surface area contributed by atoms with E-state index in [-0.39, 0.29) is 0 Å². The van der Waals surface area contributed by atoms with Crippen LogP contribution in [0.5, 0.6) is 5.75 Å². The molecule has 0 radical (unpaired) electrons. The van der Waals surface area contributed by atoms with E-state index in [2.05, 4.69) is 5.32 Å². The Hall–Kier alpha value is -2.90. The first-order chi connectivity index (χ1) is 15.0. The van der Waals surface area contributed by atoms with Gasteiger partial charge in [0.05, 0.1) is 40.0 Å².